The maximum atomic E-state index is 14.1. The number of benzene rings is 1. The second-order valence-electron chi connectivity index (χ2n) is 50.7. The third kappa shape index (κ3) is 34.6. The van der Waals surface area contributed by atoms with E-state index in [1.54, 1.807) is 20.8 Å². The van der Waals surface area contributed by atoms with Crippen molar-refractivity contribution in [2.75, 3.05) is 12.8 Å². The Bertz CT molecular complexity index is 4240. The predicted molar refractivity (Wildman–Crippen MR) is 558 cm³/mol. The van der Waals surface area contributed by atoms with Crippen LogP contribution in [0.1, 0.15) is 503 Å². The van der Waals surface area contributed by atoms with Crippen molar-refractivity contribution in [2.24, 2.45) is 62.1 Å². The van der Waals surface area contributed by atoms with Crippen LogP contribution in [0.25, 0.3) is 0 Å². The molecule has 0 radical (unpaired) electrons. The molecule has 1 N–H and O–H groups in total. The highest BCUT2D eigenvalue weighted by molar-refractivity contribution is 7.54. The van der Waals surface area contributed by atoms with Crippen LogP contribution in [0.15, 0.2) is 30.3 Å². The summed E-state index contributed by atoms with van der Waals surface area (Å²) in [6.45, 7) is 61.2. The van der Waals surface area contributed by atoms with E-state index >= 15 is 0 Å². The average molecular weight is 2020 g/mol. The zero-order chi connectivity index (χ0) is 107. The number of rotatable bonds is 37. The molecule has 12 rings (SSSR count). The number of ketones is 1. The molecule has 1 saturated heterocycles. The smallest absolute Gasteiger partial charge is 0.350 e. The van der Waals surface area contributed by atoms with Gasteiger partial charge in [-0.25, -0.2) is 9.59 Å². The number of ether oxygens (including phenoxy) is 10. The molecule has 8 unspecified atom stereocenters. The summed E-state index contributed by atoms with van der Waals surface area (Å²) in [5, 5.41) is 10.5. The van der Waals surface area contributed by atoms with Crippen molar-refractivity contribution in [1.29, 1.82) is 0 Å². The van der Waals surface area contributed by atoms with Gasteiger partial charge >= 0.3 is 61.3 Å². The van der Waals surface area contributed by atoms with Gasteiger partial charge in [0.25, 0.3) is 0 Å². The lowest BCUT2D eigenvalue weighted by Gasteiger charge is -2.61. The molecule has 1 aliphatic heterocycles. The fourth-order valence-corrected chi connectivity index (χ4v) is 24.5. The second kappa shape index (κ2) is 51.1. The summed E-state index contributed by atoms with van der Waals surface area (Å²) in [7, 11) is -3.41. The van der Waals surface area contributed by atoms with Crippen LogP contribution in [0.3, 0.4) is 0 Å². The first-order chi connectivity index (χ1) is 65.6. The largest absolute Gasteiger partial charge is 0.465 e. The molecule has 0 spiro atoms. The SMILES string of the molecule is CCC(C)(C)C(=O)OC(C)(C)C(=O)OC1(C)CC(=O)C(C)C1.CCC(C)(C)C(=O)OC(C)(C)C1CCCCC1C(C)(C)O.CCC(C)(C)C(=O)OC(C)(C)c1ccccc1.CCC(C)(C)C(=O)OC1(C2CCC(=O)O2)CCCCC1.CCC1(OC(=O)C(C)OC23CC4CC(CC(OC(=O)C(C)(C)CC)(C4)C2)C3)CCCCC1.CCC1(OP(=O)(CCOC(=O)C(C)(C)CC)OC2(CC)CCCCC2)CCCCC1. The Morgan fingerprint density at radius 2 is 0.852 bits per heavy atom. The van der Waals surface area contributed by atoms with Crippen LogP contribution in [0.5, 0.6) is 0 Å². The highest BCUT2D eigenvalue weighted by atomic mass is 31.2. The number of carbonyl (C=O) groups is 10. The summed E-state index contributed by atoms with van der Waals surface area (Å²) in [4.78, 5) is 123. The van der Waals surface area contributed by atoms with Crippen molar-refractivity contribution in [3.63, 3.8) is 0 Å². The van der Waals surface area contributed by atoms with Crippen molar-refractivity contribution in [3.05, 3.63) is 35.9 Å². The molecule has 25 heteroatoms. The first-order valence-corrected chi connectivity index (χ1v) is 57.3. The van der Waals surface area contributed by atoms with E-state index in [0.717, 1.165) is 217 Å². The highest BCUT2D eigenvalue weighted by Gasteiger charge is 2.63. The first-order valence-electron chi connectivity index (χ1n) is 55.6. The minimum absolute atomic E-state index is 0.0825. The molecule has 10 saturated carbocycles. The van der Waals surface area contributed by atoms with E-state index in [1.165, 1.54) is 39.5 Å². The fourth-order valence-electron chi connectivity index (χ4n) is 22.2. The number of esters is 9. The quantitative estimate of drug-likeness (QED) is 0.0367. The topological polar surface area (TPSA) is 319 Å². The molecule has 816 valence electrons. The molecule has 11 fully saturated rings. The molecular formula is C117H199O24P. The van der Waals surface area contributed by atoms with Crippen molar-refractivity contribution >= 4 is 67.1 Å². The maximum Gasteiger partial charge on any atom is 0.350 e. The Hall–Kier alpha value is -5.81. The van der Waals surface area contributed by atoms with Crippen molar-refractivity contribution in [1.82, 2.24) is 0 Å². The molecule has 4 bridgehead atoms. The van der Waals surface area contributed by atoms with Gasteiger partial charge in [-0.2, -0.15) is 0 Å². The maximum absolute atomic E-state index is 14.1. The second-order valence-corrected chi connectivity index (χ2v) is 52.7. The molecule has 1 aromatic rings. The summed E-state index contributed by atoms with van der Waals surface area (Å²) >= 11 is 0. The number of hydrogen-bond donors (Lipinski definition) is 1. The molecule has 1 aromatic carbocycles. The van der Waals surface area contributed by atoms with E-state index in [-0.39, 0.29) is 113 Å². The Morgan fingerprint density at radius 3 is 1.27 bits per heavy atom. The molecular weight excluding hydrogens is 1820 g/mol. The van der Waals surface area contributed by atoms with Crippen LogP contribution in [-0.4, -0.2) is 146 Å². The molecule has 142 heavy (non-hydrogen) atoms. The van der Waals surface area contributed by atoms with Gasteiger partial charge < -0.3 is 61.5 Å². The predicted octanol–water partition coefficient (Wildman–Crippen LogP) is 28.2. The summed E-state index contributed by atoms with van der Waals surface area (Å²) in [6, 6.07) is 9.82. The number of aliphatic hydroxyl groups is 1. The van der Waals surface area contributed by atoms with Gasteiger partial charge in [0.1, 0.15) is 52.1 Å². The first kappa shape index (κ1) is 125. The van der Waals surface area contributed by atoms with Crippen LogP contribution >= 0.6 is 7.60 Å². The Balaban J connectivity index is 0.000000265. The Labute approximate surface area is 858 Å². The summed E-state index contributed by atoms with van der Waals surface area (Å²) in [6.07, 6.45) is 38.9. The third-order valence-corrected chi connectivity index (χ3v) is 36.7. The van der Waals surface area contributed by atoms with Gasteiger partial charge in [0.05, 0.1) is 61.1 Å². The van der Waals surface area contributed by atoms with E-state index in [4.69, 9.17) is 56.4 Å². The van der Waals surface area contributed by atoms with Crippen LogP contribution in [0.4, 0.5) is 0 Å². The van der Waals surface area contributed by atoms with Crippen molar-refractivity contribution < 1.29 is 114 Å². The van der Waals surface area contributed by atoms with E-state index in [1.807, 2.05) is 197 Å². The lowest BCUT2D eigenvalue weighted by molar-refractivity contribution is -0.251. The van der Waals surface area contributed by atoms with Gasteiger partial charge in [-0.15, -0.1) is 0 Å². The summed E-state index contributed by atoms with van der Waals surface area (Å²) in [5.41, 5.74) is -8.44. The normalized spacial score (nSPS) is 25.7. The molecule has 0 amide bonds. The van der Waals surface area contributed by atoms with Crippen LogP contribution in [0, 0.1) is 62.1 Å². The fraction of sp³-hybridized carbons (Fsp3) is 0.863. The Morgan fingerprint density at radius 1 is 0.451 bits per heavy atom. The van der Waals surface area contributed by atoms with Gasteiger partial charge in [0, 0.05) is 31.1 Å². The molecule has 10 aliphatic carbocycles. The van der Waals surface area contributed by atoms with Gasteiger partial charge in [-0.1, -0.05) is 164 Å². The molecule has 11 aliphatic rings. The zero-order valence-electron chi connectivity index (χ0n) is 95.0. The number of cyclic esters (lactones) is 1. The minimum Gasteiger partial charge on any atom is -0.465 e. The van der Waals surface area contributed by atoms with Gasteiger partial charge in [-0.3, -0.25) is 42.9 Å². The van der Waals surface area contributed by atoms with E-state index < -0.39 is 97.3 Å². The Kier molecular flexibility index (Phi) is 45.0. The third-order valence-electron chi connectivity index (χ3n) is 34.7. The highest BCUT2D eigenvalue weighted by Crippen LogP contribution is 2.63. The van der Waals surface area contributed by atoms with Crippen LogP contribution in [-0.2, 0) is 115 Å². The number of Topliss-reactive ketones (excluding diaryl/α,β-unsaturated/α-hetero) is 1. The molecule has 8 atom stereocenters. The number of hydrogen-bond acceptors (Lipinski definition) is 24. The molecule has 0 aromatic heterocycles. The molecule has 1 heterocycles. The van der Waals surface area contributed by atoms with E-state index in [0.29, 0.717) is 43.9 Å². The summed E-state index contributed by atoms with van der Waals surface area (Å²) in [5.74, 6) is -0.803. The van der Waals surface area contributed by atoms with Gasteiger partial charge in [0.2, 0.25) is 5.60 Å². The van der Waals surface area contributed by atoms with Crippen LogP contribution < -0.4 is 0 Å². The van der Waals surface area contributed by atoms with Gasteiger partial charge in [-0.05, 0) is 368 Å². The van der Waals surface area contributed by atoms with Crippen molar-refractivity contribution in [2.45, 2.75) is 571 Å². The summed E-state index contributed by atoms with van der Waals surface area (Å²) < 4.78 is 85.4. The van der Waals surface area contributed by atoms with Gasteiger partial charge in [0.15, 0.2) is 6.10 Å². The average Bonchev–Trinajstić information content (AvgIpc) is 0.842. The minimum atomic E-state index is -3.41. The van der Waals surface area contributed by atoms with Crippen LogP contribution in [0.2, 0.25) is 0 Å². The zero-order valence-corrected chi connectivity index (χ0v) is 95.9. The number of carbonyl (C=O) groups excluding carboxylic acids is 10. The van der Waals surface area contributed by atoms with Crippen molar-refractivity contribution in [3.8, 4) is 0 Å². The van der Waals surface area contributed by atoms with E-state index in [9.17, 15) is 57.6 Å². The molecule has 24 nitrogen and oxygen atoms in total. The lowest BCUT2D eigenvalue weighted by atomic mass is 9.52. The monoisotopic (exact) mass is 2020 g/mol. The standard InChI is InChI=1S/C27H44O5.C24H45O5P.C18H34O3.C17H28O5.C16H26O4.C15H22O2/c1-6-24(4,5)23(29)32-27-16-20-13-21(17-27)15-26(14-20,18-27)30-19(3)22(28)31-25(7-2)11-9-8-10-12-25;1-6-22(4,5)21(25)27-19-20-30(26,28-23(7-2)15-11-9-12-16-23)29-24(8-3)17-13-10-14-18-24;1-8-16(2,3)15(19)21-18(6,7)14-12-10-9-11-13(14)17(4,5)20;1-8-15(3,4)13(19)21-16(5,6)14(20)22-17(7)9-11(2)12(18)10-17;1-4-15(2,3)14(18)20-16(10-6-5-7-11-16)12-8-9-13(17)19-12;1-6-14(2,3)13(16)17-15(4,5)12-10-8-7-9-11-12/h19-21H,6-18H2,1-5H3;6-20H2,1-5H3;13-14,20H,8-12H2,1-7H3;11H,8-10H2,1-7H3;12H,4-11H2,1-3H3;7-11H,6H2,1-5H3. The van der Waals surface area contributed by atoms with E-state index in [2.05, 4.69) is 20.8 Å². The lowest BCUT2D eigenvalue weighted by Crippen LogP contribution is -2.62.